The van der Waals surface area contributed by atoms with Gasteiger partial charge in [0.15, 0.2) is 11.5 Å². The first kappa shape index (κ1) is 23.9. The highest BCUT2D eigenvalue weighted by molar-refractivity contribution is 7.18. The van der Waals surface area contributed by atoms with Crippen molar-refractivity contribution in [1.82, 2.24) is 15.0 Å². The molecule has 0 fully saturated rings. The maximum absolute atomic E-state index is 13.2. The Morgan fingerprint density at radius 2 is 2.15 bits per heavy atom. The van der Waals surface area contributed by atoms with Crippen LogP contribution in [0.4, 0.5) is 0 Å². The third kappa shape index (κ3) is 4.99. The molecule has 180 valence electrons. The summed E-state index contributed by atoms with van der Waals surface area (Å²) in [7, 11) is 1.58. The van der Waals surface area contributed by atoms with Crippen LogP contribution in [-0.2, 0) is 17.6 Å². The molecular formula is C25H30N4O4S. The number of nitrogens with one attached hydrogen (secondary N) is 1. The van der Waals surface area contributed by atoms with Crippen molar-refractivity contribution in [3.8, 4) is 11.5 Å². The fourth-order valence-corrected chi connectivity index (χ4v) is 5.25. The van der Waals surface area contributed by atoms with Gasteiger partial charge in [-0.25, -0.2) is 10.4 Å². The van der Waals surface area contributed by atoms with E-state index in [-0.39, 0.29) is 5.56 Å². The van der Waals surface area contributed by atoms with Gasteiger partial charge in [0.25, 0.3) is 11.5 Å². The van der Waals surface area contributed by atoms with Crippen molar-refractivity contribution < 1.29 is 14.3 Å². The molecule has 9 heteroatoms. The number of hydrogen-bond donors (Lipinski definition) is 1. The minimum absolute atomic E-state index is 0.167. The van der Waals surface area contributed by atoms with Crippen molar-refractivity contribution in [2.45, 2.75) is 58.4 Å². The van der Waals surface area contributed by atoms with Crippen LogP contribution in [-0.4, -0.2) is 35.4 Å². The van der Waals surface area contributed by atoms with Crippen LogP contribution in [0.15, 0.2) is 34.4 Å². The maximum atomic E-state index is 13.2. The zero-order chi connectivity index (χ0) is 24.1. The second-order valence-electron chi connectivity index (χ2n) is 8.37. The van der Waals surface area contributed by atoms with Crippen molar-refractivity contribution in [2.24, 2.45) is 5.10 Å². The highest BCUT2D eigenvalue weighted by Gasteiger charge is 2.23. The van der Waals surface area contributed by atoms with E-state index in [1.807, 2.05) is 12.1 Å². The molecule has 2 heterocycles. The SMILES string of the molecule is CCCCOc1ccc(/C=N\NC(=O)[C@H](C)n2cnc3sc4c(c3c2=O)CCCC4)cc1OC. The molecule has 4 rings (SSSR count). The molecule has 0 unspecified atom stereocenters. The van der Waals surface area contributed by atoms with Gasteiger partial charge >= 0.3 is 0 Å². The van der Waals surface area contributed by atoms with Gasteiger partial charge in [-0.15, -0.1) is 11.3 Å². The molecule has 0 aliphatic heterocycles. The van der Waals surface area contributed by atoms with Gasteiger partial charge in [-0.05, 0) is 68.4 Å². The Kier molecular flexibility index (Phi) is 7.62. The van der Waals surface area contributed by atoms with Crippen LogP contribution in [0, 0.1) is 0 Å². The van der Waals surface area contributed by atoms with E-state index >= 15 is 0 Å². The van der Waals surface area contributed by atoms with Gasteiger partial charge in [0.2, 0.25) is 0 Å². The van der Waals surface area contributed by atoms with Gasteiger partial charge in [-0.2, -0.15) is 5.10 Å². The normalized spacial score (nSPS) is 14.2. The van der Waals surface area contributed by atoms with E-state index in [4.69, 9.17) is 9.47 Å². The summed E-state index contributed by atoms with van der Waals surface area (Å²) in [6.07, 6.45) is 9.13. The topological polar surface area (TPSA) is 94.8 Å². The van der Waals surface area contributed by atoms with Crippen LogP contribution in [0.3, 0.4) is 0 Å². The summed E-state index contributed by atoms with van der Waals surface area (Å²) < 4.78 is 12.5. The number of amides is 1. The summed E-state index contributed by atoms with van der Waals surface area (Å²) in [5.74, 6) is 0.878. The quantitative estimate of drug-likeness (QED) is 0.280. The van der Waals surface area contributed by atoms with Gasteiger partial charge in [0.1, 0.15) is 10.9 Å². The smallest absolute Gasteiger partial charge is 0.263 e. The lowest BCUT2D eigenvalue weighted by Gasteiger charge is -2.14. The number of hydrazone groups is 1. The minimum atomic E-state index is -0.746. The van der Waals surface area contributed by atoms with E-state index in [9.17, 15) is 9.59 Å². The molecule has 3 aromatic rings. The lowest BCUT2D eigenvalue weighted by atomic mass is 9.97. The molecule has 1 aliphatic rings. The van der Waals surface area contributed by atoms with Crippen LogP contribution in [0.25, 0.3) is 10.2 Å². The largest absolute Gasteiger partial charge is 0.493 e. The van der Waals surface area contributed by atoms with Gasteiger partial charge in [-0.3, -0.25) is 14.2 Å². The number of methoxy groups -OCH3 is 1. The molecule has 1 N–H and O–H groups in total. The summed E-state index contributed by atoms with van der Waals surface area (Å²) >= 11 is 1.60. The van der Waals surface area contributed by atoms with E-state index in [1.165, 1.54) is 22.0 Å². The number of ether oxygens (including phenoxy) is 2. The van der Waals surface area contributed by atoms with Crippen molar-refractivity contribution >= 4 is 33.7 Å². The van der Waals surface area contributed by atoms with Crippen LogP contribution in [0.5, 0.6) is 11.5 Å². The van der Waals surface area contributed by atoms with Gasteiger partial charge in [0.05, 0.1) is 31.6 Å². The van der Waals surface area contributed by atoms with Crippen LogP contribution in [0.2, 0.25) is 0 Å². The second-order valence-corrected chi connectivity index (χ2v) is 9.45. The number of benzene rings is 1. The summed E-state index contributed by atoms with van der Waals surface area (Å²) in [6.45, 7) is 4.40. The van der Waals surface area contributed by atoms with E-state index in [1.54, 1.807) is 31.4 Å². The summed E-state index contributed by atoms with van der Waals surface area (Å²) in [4.78, 5) is 32.4. The van der Waals surface area contributed by atoms with Gasteiger partial charge < -0.3 is 9.47 Å². The molecule has 0 spiro atoms. The Morgan fingerprint density at radius 3 is 2.94 bits per heavy atom. The van der Waals surface area contributed by atoms with Gasteiger partial charge in [0, 0.05) is 4.88 Å². The predicted octanol–water partition coefficient (Wildman–Crippen LogP) is 4.24. The number of unbranched alkanes of at least 4 members (excludes halogenated alkanes) is 1. The molecule has 1 amide bonds. The van der Waals surface area contributed by atoms with E-state index in [0.717, 1.165) is 54.5 Å². The molecule has 1 aliphatic carbocycles. The monoisotopic (exact) mass is 482 g/mol. The molecule has 0 saturated heterocycles. The Balaban J connectivity index is 1.45. The Bertz CT molecular complexity index is 1260. The fourth-order valence-electron chi connectivity index (χ4n) is 4.04. The standard InChI is InChI=1S/C25H30N4O4S/c1-4-5-12-33-19-11-10-17(13-20(19)32-3)14-27-28-23(30)16(2)29-15-26-24-22(25(29)31)18-8-6-7-9-21(18)34-24/h10-11,13-16H,4-9,12H2,1-3H3,(H,28,30)/b27-14-/t16-/m0/s1. The summed E-state index contributed by atoms with van der Waals surface area (Å²) in [5, 5.41) is 4.73. The van der Waals surface area contributed by atoms with Gasteiger partial charge in [-0.1, -0.05) is 13.3 Å². The average molecular weight is 483 g/mol. The molecule has 34 heavy (non-hydrogen) atoms. The molecule has 1 atom stereocenters. The Labute approximate surface area is 202 Å². The fraction of sp³-hybridized carbons (Fsp3) is 0.440. The second kappa shape index (κ2) is 10.8. The molecule has 1 aromatic carbocycles. The number of aromatic nitrogens is 2. The molecule has 0 radical (unpaired) electrons. The van der Waals surface area contributed by atoms with Crippen molar-refractivity contribution in [3.05, 3.63) is 50.9 Å². The van der Waals surface area contributed by atoms with Crippen molar-refractivity contribution in [2.75, 3.05) is 13.7 Å². The highest BCUT2D eigenvalue weighted by Crippen LogP contribution is 2.33. The number of thiophene rings is 1. The third-order valence-electron chi connectivity index (χ3n) is 6.03. The third-order valence-corrected chi connectivity index (χ3v) is 7.23. The predicted molar refractivity (Wildman–Crippen MR) is 134 cm³/mol. The Hall–Kier alpha value is -3.20. The number of carbonyl (C=O) groups is 1. The average Bonchev–Trinajstić information content (AvgIpc) is 3.24. The molecule has 8 nitrogen and oxygen atoms in total. The highest BCUT2D eigenvalue weighted by atomic mass is 32.1. The first-order valence-corrected chi connectivity index (χ1v) is 12.5. The summed E-state index contributed by atoms with van der Waals surface area (Å²) in [5.41, 5.74) is 4.22. The zero-order valence-corrected chi connectivity index (χ0v) is 20.6. The number of hydrogen-bond acceptors (Lipinski definition) is 7. The number of aryl methyl sites for hydroxylation is 2. The van der Waals surface area contributed by atoms with E-state index < -0.39 is 11.9 Å². The molecule has 2 aromatic heterocycles. The van der Waals surface area contributed by atoms with Crippen LogP contribution >= 0.6 is 11.3 Å². The van der Waals surface area contributed by atoms with Crippen LogP contribution in [0.1, 0.15) is 61.6 Å². The Morgan fingerprint density at radius 1 is 1.32 bits per heavy atom. The number of rotatable bonds is 9. The molecular weight excluding hydrogens is 452 g/mol. The van der Waals surface area contributed by atoms with Crippen LogP contribution < -0.4 is 20.5 Å². The number of carbonyl (C=O) groups excluding carboxylic acids is 1. The minimum Gasteiger partial charge on any atom is -0.493 e. The molecule has 0 saturated carbocycles. The first-order chi connectivity index (χ1) is 16.5. The summed E-state index contributed by atoms with van der Waals surface area (Å²) in [6, 6.07) is 4.71. The molecule has 0 bridgehead atoms. The van der Waals surface area contributed by atoms with E-state index in [0.29, 0.717) is 23.5 Å². The lowest BCUT2D eigenvalue weighted by Crippen LogP contribution is -2.34. The first-order valence-electron chi connectivity index (χ1n) is 11.7. The maximum Gasteiger partial charge on any atom is 0.263 e. The van der Waals surface area contributed by atoms with Crippen molar-refractivity contribution in [3.63, 3.8) is 0 Å². The lowest BCUT2D eigenvalue weighted by molar-refractivity contribution is -0.123. The number of fused-ring (bicyclic) bond motifs is 3. The number of nitrogens with zero attached hydrogens (tertiary/aromatic N) is 3. The zero-order valence-electron chi connectivity index (χ0n) is 19.8. The van der Waals surface area contributed by atoms with E-state index in [2.05, 4.69) is 22.4 Å². The van der Waals surface area contributed by atoms with Crippen molar-refractivity contribution in [1.29, 1.82) is 0 Å².